The van der Waals surface area contributed by atoms with Crippen molar-refractivity contribution in [2.24, 2.45) is 5.41 Å². The Kier molecular flexibility index (Phi) is 3.20. The molecule has 1 atom stereocenters. The Hall–Kier alpha value is -1.02. The van der Waals surface area contributed by atoms with Crippen molar-refractivity contribution in [3.8, 4) is 5.75 Å². The predicted octanol–water partition coefficient (Wildman–Crippen LogP) is 3.15. The fraction of sp³-hybridized carbons (Fsp3) is 0.571. The Morgan fingerprint density at radius 3 is 2.81 bits per heavy atom. The number of hydrogen-bond donors (Lipinski definition) is 1. The van der Waals surface area contributed by atoms with E-state index in [4.69, 9.17) is 4.74 Å². The number of benzene rings is 1. The summed E-state index contributed by atoms with van der Waals surface area (Å²) in [6, 6.07) is 8.78. The van der Waals surface area contributed by atoms with E-state index in [0.29, 0.717) is 11.5 Å². The number of para-hydroxylation sites is 1. The Morgan fingerprint density at radius 1 is 1.31 bits per heavy atom. The minimum Gasteiger partial charge on any atom is -0.493 e. The van der Waals surface area contributed by atoms with Gasteiger partial charge in [-0.05, 0) is 11.5 Å². The largest absolute Gasteiger partial charge is 0.493 e. The highest BCUT2D eigenvalue weighted by molar-refractivity contribution is 5.37. The van der Waals surface area contributed by atoms with E-state index in [2.05, 4.69) is 44.3 Å². The molecule has 0 bridgehead atoms. The average Bonchev–Trinajstić information content (AvgIpc) is 2.25. The molecule has 1 aromatic carbocycles. The molecule has 0 amide bonds. The van der Waals surface area contributed by atoms with Crippen LogP contribution in [-0.2, 0) is 0 Å². The van der Waals surface area contributed by atoms with Gasteiger partial charge in [0, 0.05) is 24.6 Å². The Labute approximate surface area is 98.0 Å². The molecule has 0 spiro atoms. The van der Waals surface area contributed by atoms with Crippen LogP contribution in [0, 0.1) is 5.41 Å². The van der Waals surface area contributed by atoms with Crippen molar-refractivity contribution in [3.63, 3.8) is 0 Å². The first-order valence-corrected chi connectivity index (χ1v) is 6.01. The number of rotatable bonds is 2. The second-order valence-corrected chi connectivity index (χ2v) is 5.67. The molecule has 0 fully saturated rings. The normalized spacial score (nSPS) is 20.1. The molecular weight excluding hydrogens is 198 g/mol. The van der Waals surface area contributed by atoms with Gasteiger partial charge >= 0.3 is 0 Å². The van der Waals surface area contributed by atoms with Crippen LogP contribution in [0.3, 0.4) is 0 Å². The molecule has 1 N–H and O–H groups in total. The van der Waals surface area contributed by atoms with Gasteiger partial charge < -0.3 is 10.1 Å². The third-order valence-corrected chi connectivity index (χ3v) is 2.84. The first-order chi connectivity index (χ1) is 7.56. The molecule has 1 heterocycles. The third kappa shape index (κ3) is 2.76. The molecule has 88 valence electrons. The monoisotopic (exact) mass is 219 g/mol. The molecule has 0 radical (unpaired) electrons. The first kappa shape index (κ1) is 11.5. The fourth-order valence-corrected chi connectivity index (χ4v) is 1.98. The zero-order chi connectivity index (χ0) is 11.6. The summed E-state index contributed by atoms with van der Waals surface area (Å²) in [5.74, 6) is 1.04. The van der Waals surface area contributed by atoms with E-state index in [-0.39, 0.29) is 0 Å². The van der Waals surface area contributed by atoms with Gasteiger partial charge in [-0.1, -0.05) is 39.0 Å². The molecule has 1 aliphatic rings. The topological polar surface area (TPSA) is 21.3 Å². The number of hydrogen-bond acceptors (Lipinski definition) is 2. The van der Waals surface area contributed by atoms with Gasteiger partial charge in [0.2, 0.25) is 0 Å². The maximum absolute atomic E-state index is 5.65. The van der Waals surface area contributed by atoms with E-state index in [1.807, 2.05) is 6.07 Å². The molecule has 1 unspecified atom stereocenters. The standard InChI is InChI=1S/C14H21NO/c1-14(2,3)10-15-12-8-9-16-13-7-5-4-6-11(12)13/h4-7,12,15H,8-10H2,1-3H3. The van der Waals surface area contributed by atoms with Crippen LogP contribution in [0.2, 0.25) is 0 Å². The van der Waals surface area contributed by atoms with Crippen LogP contribution in [0.4, 0.5) is 0 Å². The van der Waals surface area contributed by atoms with Gasteiger partial charge in [0.1, 0.15) is 5.75 Å². The fourth-order valence-electron chi connectivity index (χ4n) is 1.98. The summed E-state index contributed by atoms with van der Waals surface area (Å²) in [5.41, 5.74) is 1.63. The van der Waals surface area contributed by atoms with Crippen LogP contribution in [0.15, 0.2) is 24.3 Å². The van der Waals surface area contributed by atoms with E-state index < -0.39 is 0 Å². The molecule has 16 heavy (non-hydrogen) atoms. The summed E-state index contributed by atoms with van der Waals surface area (Å²) in [7, 11) is 0. The van der Waals surface area contributed by atoms with Gasteiger partial charge in [-0.25, -0.2) is 0 Å². The second kappa shape index (κ2) is 4.46. The van der Waals surface area contributed by atoms with Crippen LogP contribution >= 0.6 is 0 Å². The van der Waals surface area contributed by atoms with Crippen LogP contribution in [0.1, 0.15) is 38.8 Å². The van der Waals surface area contributed by atoms with Crippen LogP contribution in [0.25, 0.3) is 0 Å². The van der Waals surface area contributed by atoms with Gasteiger partial charge in [-0.2, -0.15) is 0 Å². The molecule has 2 nitrogen and oxygen atoms in total. The molecule has 2 rings (SSSR count). The van der Waals surface area contributed by atoms with Crippen molar-refractivity contribution in [3.05, 3.63) is 29.8 Å². The summed E-state index contributed by atoms with van der Waals surface area (Å²) in [6.07, 6.45) is 1.06. The van der Waals surface area contributed by atoms with Crippen molar-refractivity contribution in [2.45, 2.75) is 33.2 Å². The zero-order valence-corrected chi connectivity index (χ0v) is 10.4. The quantitative estimate of drug-likeness (QED) is 0.825. The lowest BCUT2D eigenvalue weighted by Crippen LogP contribution is -2.33. The van der Waals surface area contributed by atoms with E-state index in [1.54, 1.807) is 0 Å². The molecule has 1 aliphatic heterocycles. The molecule has 1 aromatic rings. The maximum Gasteiger partial charge on any atom is 0.124 e. The van der Waals surface area contributed by atoms with E-state index >= 15 is 0 Å². The van der Waals surface area contributed by atoms with Crippen molar-refractivity contribution in [1.29, 1.82) is 0 Å². The molecule has 0 saturated heterocycles. The number of fused-ring (bicyclic) bond motifs is 1. The smallest absolute Gasteiger partial charge is 0.124 e. The van der Waals surface area contributed by atoms with Crippen LogP contribution < -0.4 is 10.1 Å². The highest BCUT2D eigenvalue weighted by Crippen LogP contribution is 2.31. The lowest BCUT2D eigenvalue weighted by molar-refractivity contribution is 0.240. The second-order valence-electron chi connectivity index (χ2n) is 5.67. The summed E-state index contributed by atoms with van der Waals surface area (Å²) < 4.78 is 5.65. The minimum atomic E-state index is 0.327. The summed E-state index contributed by atoms with van der Waals surface area (Å²) in [6.45, 7) is 8.62. The van der Waals surface area contributed by atoms with Gasteiger partial charge in [0.15, 0.2) is 0 Å². The molecule has 0 aromatic heterocycles. The Bertz CT molecular complexity index is 354. The summed E-state index contributed by atoms with van der Waals surface area (Å²) in [4.78, 5) is 0. The van der Waals surface area contributed by atoms with Gasteiger partial charge in [0.05, 0.1) is 6.61 Å². The van der Waals surface area contributed by atoms with Crippen molar-refractivity contribution >= 4 is 0 Å². The summed E-state index contributed by atoms with van der Waals surface area (Å²) >= 11 is 0. The van der Waals surface area contributed by atoms with Crippen LogP contribution in [-0.4, -0.2) is 13.2 Å². The summed E-state index contributed by atoms with van der Waals surface area (Å²) in [5, 5.41) is 3.64. The lowest BCUT2D eigenvalue weighted by Gasteiger charge is -2.29. The average molecular weight is 219 g/mol. The SMILES string of the molecule is CC(C)(C)CNC1CCOc2ccccc21. The highest BCUT2D eigenvalue weighted by Gasteiger charge is 2.22. The van der Waals surface area contributed by atoms with Gasteiger partial charge in [0.25, 0.3) is 0 Å². The van der Waals surface area contributed by atoms with E-state index in [1.165, 1.54) is 5.56 Å². The van der Waals surface area contributed by atoms with E-state index in [0.717, 1.165) is 25.3 Å². The molecular formula is C14H21NO. The minimum absolute atomic E-state index is 0.327. The molecule has 0 saturated carbocycles. The predicted molar refractivity (Wildman–Crippen MR) is 66.8 cm³/mol. The van der Waals surface area contributed by atoms with Crippen molar-refractivity contribution in [1.82, 2.24) is 5.32 Å². The number of nitrogens with one attached hydrogen (secondary N) is 1. The first-order valence-electron chi connectivity index (χ1n) is 6.01. The lowest BCUT2D eigenvalue weighted by atomic mass is 9.94. The highest BCUT2D eigenvalue weighted by atomic mass is 16.5. The van der Waals surface area contributed by atoms with E-state index in [9.17, 15) is 0 Å². The number of ether oxygens (including phenoxy) is 1. The van der Waals surface area contributed by atoms with Crippen molar-refractivity contribution in [2.75, 3.05) is 13.2 Å². The maximum atomic E-state index is 5.65. The van der Waals surface area contributed by atoms with Gasteiger partial charge in [-0.15, -0.1) is 0 Å². The van der Waals surface area contributed by atoms with Crippen molar-refractivity contribution < 1.29 is 4.74 Å². The Morgan fingerprint density at radius 2 is 2.06 bits per heavy atom. The third-order valence-electron chi connectivity index (χ3n) is 2.84. The van der Waals surface area contributed by atoms with Gasteiger partial charge in [-0.3, -0.25) is 0 Å². The van der Waals surface area contributed by atoms with Crippen LogP contribution in [0.5, 0.6) is 5.75 Å². The molecule has 2 heteroatoms. The molecule has 0 aliphatic carbocycles. The Balaban J connectivity index is 2.07. The zero-order valence-electron chi connectivity index (χ0n) is 10.4.